The van der Waals surface area contributed by atoms with E-state index in [0.29, 0.717) is 5.56 Å². The summed E-state index contributed by atoms with van der Waals surface area (Å²) in [7, 11) is 1.19. The number of hydrogen-bond acceptors (Lipinski definition) is 7. The topological polar surface area (TPSA) is 126 Å². The molecule has 0 spiro atoms. The van der Waals surface area contributed by atoms with Crippen LogP contribution in [0.3, 0.4) is 0 Å². The van der Waals surface area contributed by atoms with E-state index in [0.717, 1.165) is 40.2 Å². The number of halogens is 3. The van der Waals surface area contributed by atoms with Crippen LogP contribution in [0.15, 0.2) is 64.8 Å². The van der Waals surface area contributed by atoms with Crippen LogP contribution in [0.4, 0.5) is 18.3 Å². The fourth-order valence-electron chi connectivity index (χ4n) is 3.61. The van der Waals surface area contributed by atoms with Crippen molar-refractivity contribution in [1.82, 2.24) is 14.5 Å². The number of imidazole rings is 1. The molecule has 0 unspecified atom stereocenters. The van der Waals surface area contributed by atoms with E-state index in [-0.39, 0.29) is 28.5 Å². The minimum absolute atomic E-state index is 0.0142. The minimum atomic E-state index is -4.55. The van der Waals surface area contributed by atoms with Crippen molar-refractivity contribution in [1.29, 1.82) is 0 Å². The van der Waals surface area contributed by atoms with Crippen LogP contribution in [0, 0.1) is 0 Å². The van der Waals surface area contributed by atoms with Gasteiger partial charge >= 0.3 is 17.8 Å². The van der Waals surface area contributed by atoms with Crippen LogP contribution >= 0.6 is 11.3 Å². The second-order valence-corrected chi connectivity index (χ2v) is 8.66. The second-order valence-electron chi connectivity index (χ2n) is 7.80. The number of aromatic amines is 1. The van der Waals surface area contributed by atoms with E-state index in [1.54, 1.807) is 30.3 Å². The van der Waals surface area contributed by atoms with Gasteiger partial charge in [0.1, 0.15) is 11.7 Å². The van der Waals surface area contributed by atoms with Gasteiger partial charge in [-0.05, 0) is 17.7 Å². The highest BCUT2D eigenvalue weighted by atomic mass is 32.1. The van der Waals surface area contributed by atoms with Gasteiger partial charge < -0.3 is 20.1 Å². The molecule has 0 radical (unpaired) electrons. The molecular formula is C24H19F3N4O5S. The standard InChI is InChI=1S/C24H19F3N4O5S/c1-36-21(34)16-12-37-22(28-16)30-19(32)17(11-13-5-3-2-4-6-13)31-20(33)18(29-23(31)35)14-7-9-15(10-8-14)24(25,26)27/h2-10,12,17,33H,11H2,1H3,(H,29,35)(H,28,30,32)/t17-/m0/s1. The quantitative estimate of drug-likeness (QED) is 0.306. The van der Waals surface area contributed by atoms with Crippen molar-refractivity contribution in [2.45, 2.75) is 18.6 Å². The smallest absolute Gasteiger partial charge is 0.416 e. The van der Waals surface area contributed by atoms with Gasteiger partial charge in [-0.15, -0.1) is 11.3 Å². The zero-order valence-corrected chi connectivity index (χ0v) is 19.9. The molecule has 37 heavy (non-hydrogen) atoms. The first kappa shape index (κ1) is 25.7. The molecule has 3 N–H and O–H groups in total. The normalized spacial score (nSPS) is 12.2. The van der Waals surface area contributed by atoms with E-state index in [9.17, 15) is 32.7 Å². The molecular weight excluding hydrogens is 513 g/mol. The van der Waals surface area contributed by atoms with Crippen LogP contribution in [-0.4, -0.2) is 38.6 Å². The summed E-state index contributed by atoms with van der Waals surface area (Å²) >= 11 is 0.961. The van der Waals surface area contributed by atoms with Gasteiger partial charge in [-0.2, -0.15) is 13.2 Å². The predicted octanol–water partition coefficient (Wildman–Crippen LogP) is 4.23. The van der Waals surface area contributed by atoms with Gasteiger partial charge in [0.25, 0.3) is 0 Å². The number of nitrogens with one attached hydrogen (secondary N) is 2. The maximum absolute atomic E-state index is 13.3. The van der Waals surface area contributed by atoms with E-state index >= 15 is 0 Å². The van der Waals surface area contributed by atoms with E-state index in [4.69, 9.17) is 0 Å². The molecule has 0 bridgehead atoms. The van der Waals surface area contributed by atoms with Crippen molar-refractivity contribution in [3.8, 4) is 17.1 Å². The van der Waals surface area contributed by atoms with Crippen molar-refractivity contribution >= 4 is 28.3 Å². The van der Waals surface area contributed by atoms with Crippen molar-refractivity contribution < 1.29 is 32.6 Å². The first-order chi connectivity index (χ1) is 17.6. The fourth-order valence-corrected chi connectivity index (χ4v) is 4.30. The Hall–Kier alpha value is -4.39. The Kier molecular flexibility index (Phi) is 7.16. The molecule has 13 heteroatoms. The number of thiazole rings is 1. The third kappa shape index (κ3) is 5.56. The van der Waals surface area contributed by atoms with Gasteiger partial charge in [0.05, 0.1) is 12.7 Å². The molecule has 1 amide bonds. The highest BCUT2D eigenvalue weighted by Gasteiger charge is 2.31. The molecule has 4 rings (SSSR count). The molecule has 0 saturated carbocycles. The summed E-state index contributed by atoms with van der Waals surface area (Å²) in [5.74, 6) is -2.04. The number of hydrogen-bond donors (Lipinski definition) is 3. The summed E-state index contributed by atoms with van der Waals surface area (Å²) in [5.41, 5.74) is -1.13. The van der Waals surface area contributed by atoms with Gasteiger partial charge in [-0.3, -0.25) is 4.79 Å². The SMILES string of the molecule is COC(=O)c1csc(NC(=O)[C@H](Cc2ccccc2)n2c(O)c(-c3ccc(C(F)(F)F)cc3)[nH]c2=O)n1. The number of ether oxygens (including phenoxy) is 1. The summed E-state index contributed by atoms with van der Waals surface area (Å²) < 4.78 is 44.2. The first-order valence-corrected chi connectivity index (χ1v) is 11.6. The van der Waals surface area contributed by atoms with Gasteiger partial charge in [0.15, 0.2) is 10.8 Å². The van der Waals surface area contributed by atoms with E-state index in [2.05, 4.69) is 20.0 Å². The lowest BCUT2D eigenvalue weighted by Gasteiger charge is -2.18. The highest BCUT2D eigenvalue weighted by molar-refractivity contribution is 7.14. The number of carbonyl (C=O) groups excluding carboxylic acids is 2. The highest BCUT2D eigenvalue weighted by Crippen LogP contribution is 2.34. The average Bonchev–Trinajstić information content (AvgIpc) is 3.46. The zero-order chi connectivity index (χ0) is 26.7. The Bertz CT molecular complexity index is 1480. The zero-order valence-electron chi connectivity index (χ0n) is 19.1. The Morgan fingerprint density at radius 2 is 1.84 bits per heavy atom. The predicted molar refractivity (Wildman–Crippen MR) is 128 cm³/mol. The number of rotatable bonds is 7. The largest absolute Gasteiger partial charge is 0.493 e. The van der Waals surface area contributed by atoms with Crippen LogP contribution in [-0.2, 0) is 22.1 Å². The number of benzene rings is 2. The molecule has 9 nitrogen and oxygen atoms in total. The lowest BCUT2D eigenvalue weighted by atomic mass is 10.0. The number of H-pyrrole nitrogens is 1. The Morgan fingerprint density at radius 1 is 1.16 bits per heavy atom. The molecule has 0 fully saturated rings. The Morgan fingerprint density at radius 3 is 2.46 bits per heavy atom. The van der Waals surface area contributed by atoms with Crippen molar-refractivity contribution in [2.24, 2.45) is 0 Å². The van der Waals surface area contributed by atoms with Crippen LogP contribution in [0.25, 0.3) is 11.3 Å². The summed E-state index contributed by atoms with van der Waals surface area (Å²) in [5, 5.41) is 14.9. The molecule has 0 saturated heterocycles. The molecule has 4 aromatic rings. The monoisotopic (exact) mass is 532 g/mol. The summed E-state index contributed by atoms with van der Waals surface area (Å²) in [6.07, 6.45) is -4.57. The number of methoxy groups -OCH3 is 1. The molecule has 1 atom stereocenters. The Balaban J connectivity index is 1.70. The van der Waals surface area contributed by atoms with Crippen molar-refractivity contribution in [3.63, 3.8) is 0 Å². The second kappa shape index (κ2) is 10.3. The number of carbonyl (C=O) groups is 2. The minimum Gasteiger partial charge on any atom is -0.493 e. The van der Waals surface area contributed by atoms with Gasteiger partial charge in [-0.25, -0.2) is 19.1 Å². The number of alkyl halides is 3. The molecule has 2 heterocycles. The lowest BCUT2D eigenvalue weighted by Crippen LogP contribution is -2.33. The summed E-state index contributed by atoms with van der Waals surface area (Å²) in [6, 6.07) is 11.3. The maximum Gasteiger partial charge on any atom is 0.416 e. The third-order valence-corrected chi connectivity index (χ3v) is 6.18. The molecule has 2 aromatic carbocycles. The average molecular weight is 533 g/mol. The van der Waals surface area contributed by atoms with Crippen molar-refractivity contribution in [3.05, 3.63) is 87.3 Å². The maximum atomic E-state index is 13.3. The molecule has 0 aliphatic heterocycles. The number of nitrogens with zero attached hydrogens (tertiary/aromatic N) is 2. The lowest BCUT2D eigenvalue weighted by molar-refractivity contribution is -0.137. The number of anilines is 1. The summed E-state index contributed by atoms with van der Waals surface area (Å²) in [6.45, 7) is 0. The summed E-state index contributed by atoms with van der Waals surface area (Å²) in [4.78, 5) is 44.3. The van der Waals surface area contributed by atoms with E-state index < -0.39 is 41.2 Å². The van der Waals surface area contributed by atoms with Crippen LogP contribution in [0.1, 0.15) is 27.7 Å². The Labute approximate surface area is 211 Å². The van der Waals surface area contributed by atoms with E-state index in [1.165, 1.54) is 12.5 Å². The van der Waals surface area contributed by atoms with Crippen molar-refractivity contribution in [2.75, 3.05) is 12.4 Å². The molecule has 2 aromatic heterocycles. The van der Waals surface area contributed by atoms with Gasteiger partial charge in [0, 0.05) is 17.4 Å². The van der Waals surface area contributed by atoms with Crippen LogP contribution in [0.2, 0.25) is 0 Å². The number of esters is 1. The number of amides is 1. The van der Waals surface area contributed by atoms with Gasteiger partial charge in [0.2, 0.25) is 11.8 Å². The molecule has 0 aliphatic carbocycles. The first-order valence-electron chi connectivity index (χ1n) is 10.7. The molecule has 0 aliphatic rings. The fraction of sp³-hybridized carbons (Fsp3) is 0.167. The van der Waals surface area contributed by atoms with E-state index in [1.807, 2.05) is 0 Å². The van der Waals surface area contributed by atoms with Crippen LogP contribution in [0.5, 0.6) is 5.88 Å². The van der Waals surface area contributed by atoms with Crippen LogP contribution < -0.4 is 11.0 Å². The molecule has 192 valence electrons. The number of aromatic nitrogens is 3. The van der Waals surface area contributed by atoms with Gasteiger partial charge in [-0.1, -0.05) is 42.5 Å². The third-order valence-electron chi connectivity index (χ3n) is 5.42. The number of aromatic hydroxyl groups is 1.